The third kappa shape index (κ3) is 3.06. The minimum atomic E-state index is -0.115. The van der Waals surface area contributed by atoms with E-state index in [2.05, 4.69) is 31.4 Å². The van der Waals surface area contributed by atoms with Crippen molar-refractivity contribution in [3.63, 3.8) is 0 Å². The van der Waals surface area contributed by atoms with E-state index in [1.807, 2.05) is 0 Å². The number of rotatable bonds is 4. The average Bonchev–Trinajstić information content (AvgIpc) is 2.80. The molecule has 3 unspecified atom stereocenters. The van der Waals surface area contributed by atoms with Crippen molar-refractivity contribution in [3.8, 4) is 0 Å². The molecule has 1 saturated heterocycles. The number of nitrogens with one attached hydrogen (secondary N) is 2. The standard InChI is InChI=1S/C14H26N2O2.ClH/c1-13(2)11(9-14(13,3)18-4)16-12(17)8-10-6-5-7-15-10;/h10-11,15H,5-9H2,1-4H3,(H,16,17);1H. The maximum absolute atomic E-state index is 12.0. The van der Waals surface area contributed by atoms with Gasteiger partial charge in [0.15, 0.2) is 0 Å². The molecule has 0 spiro atoms. The summed E-state index contributed by atoms with van der Waals surface area (Å²) in [6.07, 6.45) is 3.82. The van der Waals surface area contributed by atoms with Crippen LogP contribution in [-0.2, 0) is 9.53 Å². The molecule has 0 aromatic heterocycles. The van der Waals surface area contributed by atoms with Crippen LogP contribution in [0.4, 0.5) is 0 Å². The quantitative estimate of drug-likeness (QED) is 0.831. The first-order valence-corrected chi connectivity index (χ1v) is 6.97. The highest BCUT2D eigenvalue weighted by Crippen LogP contribution is 2.51. The minimum Gasteiger partial charge on any atom is -0.378 e. The monoisotopic (exact) mass is 290 g/mol. The van der Waals surface area contributed by atoms with Gasteiger partial charge in [-0.3, -0.25) is 4.79 Å². The van der Waals surface area contributed by atoms with Crippen LogP contribution in [0.3, 0.4) is 0 Å². The maximum atomic E-state index is 12.0. The Balaban J connectivity index is 0.00000180. The van der Waals surface area contributed by atoms with E-state index in [0.29, 0.717) is 12.5 Å². The van der Waals surface area contributed by atoms with Crippen molar-refractivity contribution in [3.05, 3.63) is 0 Å². The zero-order valence-corrected chi connectivity index (χ0v) is 13.2. The van der Waals surface area contributed by atoms with Gasteiger partial charge in [-0.2, -0.15) is 0 Å². The first-order valence-electron chi connectivity index (χ1n) is 6.97. The zero-order valence-electron chi connectivity index (χ0n) is 12.4. The highest BCUT2D eigenvalue weighted by molar-refractivity contribution is 5.85. The van der Waals surface area contributed by atoms with Crippen LogP contribution in [0.15, 0.2) is 0 Å². The van der Waals surface area contributed by atoms with Crippen LogP contribution in [0.1, 0.15) is 46.5 Å². The molecule has 1 amide bonds. The summed E-state index contributed by atoms with van der Waals surface area (Å²) in [4.78, 5) is 12.0. The lowest BCUT2D eigenvalue weighted by atomic mass is 9.56. The van der Waals surface area contributed by atoms with Crippen molar-refractivity contribution < 1.29 is 9.53 Å². The van der Waals surface area contributed by atoms with Gasteiger partial charge in [-0.1, -0.05) is 13.8 Å². The minimum absolute atomic E-state index is 0. The Hall–Kier alpha value is -0.320. The fourth-order valence-electron chi connectivity index (χ4n) is 3.13. The smallest absolute Gasteiger partial charge is 0.221 e. The number of amides is 1. The van der Waals surface area contributed by atoms with E-state index in [9.17, 15) is 4.79 Å². The molecule has 1 saturated carbocycles. The van der Waals surface area contributed by atoms with Gasteiger partial charge in [0.25, 0.3) is 0 Å². The van der Waals surface area contributed by atoms with Crippen LogP contribution in [-0.4, -0.2) is 37.2 Å². The third-order valence-electron chi connectivity index (χ3n) is 5.21. The molecule has 2 rings (SSSR count). The number of carbonyl (C=O) groups is 1. The summed E-state index contributed by atoms with van der Waals surface area (Å²) in [5, 5.41) is 6.52. The molecule has 5 heteroatoms. The van der Waals surface area contributed by atoms with Gasteiger partial charge in [0, 0.05) is 31.0 Å². The number of carbonyl (C=O) groups excluding carboxylic acids is 1. The van der Waals surface area contributed by atoms with E-state index >= 15 is 0 Å². The molecule has 0 radical (unpaired) electrons. The first-order chi connectivity index (χ1) is 8.39. The van der Waals surface area contributed by atoms with Gasteiger partial charge in [-0.15, -0.1) is 12.4 Å². The van der Waals surface area contributed by atoms with Crippen LogP contribution in [0.5, 0.6) is 0 Å². The van der Waals surface area contributed by atoms with E-state index in [4.69, 9.17) is 4.74 Å². The normalized spacial score (nSPS) is 36.2. The average molecular weight is 291 g/mol. The summed E-state index contributed by atoms with van der Waals surface area (Å²) < 4.78 is 5.57. The Bertz CT molecular complexity index is 329. The lowest BCUT2D eigenvalue weighted by molar-refractivity contribution is -0.182. The van der Waals surface area contributed by atoms with Gasteiger partial charge < -0.3 is 15.4 Å². The summed E-state index contributed by atoms with van der Waals surface area (Å²) in [7, 11) is 1.75. The lowest BCUT2D eigenvalue weighted by Crippen LogP contribution is -2.68. The SMILES string of the molecule is COC1(C)CC(NC(=O)CC2CCCN2)C1(C)C.Cl. The van der Waals surface area contributed by atoms with Crippen molar-refractivity contribution in [1.82, 2.24) is 10.6 Å². The highest BCUT2D eigenvalue weighted by atomic mass is 35.5. The molecule has 2 N–H and O–H groups in total. The van der Waals surface area contributed by atoms with Gasteiger partial charge in [0.05, 0.1) is 5.60 Å². The van der Waals surface area contributed by atoms with Gasteiger partial charge in [-0.05, 0) is 32.7 Å². The third-order valence-corrected chi connectivity index (χ3v) is 5.21. The molecule has 0 aromatic rings. The van der Waals surface area contributed by atoms with Gasteiger partial charge in [0.2, 0.25) is 5.91 Å². The van der Waals surface area contributed by atoms with Crippen molar-refractivity contribution in [2.75, 3.05) is 13.7 Å². The molecular weight excluding hydrogens is 264 g/mol. The van der Waals surface area contributed by atoms with E-state index in [-0.39, 0.29) is 35.4 Å². The molecule has 0 bridgehead atoms. The van der Waals surface area contributed by atoms with Crippen LogP contribution in [0.2, 0.25) is 0 Å². The summed E-state index contributed by atoms with van der Waals surface area (Å²) in [6, 6.07) is 0.610. The van der Waals surface area contributed by atoms with Crippen LogP contribution >= 0.6 is 12.4 Å². The number of halogens is 1. The molecule has 4 nitrogen and oxygen atoms in total. The second-order valence-corrected chi connectivity index (χ2v) is 6.48. The molecule has 112 valence electrons. The van der Waals surface area contributed by atoms with Crippen LogP contribution < -0.4 is 10.6 Å². The number of ether oxygens (including phenoxy) is 1. The van der Waals surface area contributed by atoms with Crippen molar-refractivity contribution >= 4 is 18.3 Å². The summed E-state index contributed by atoms with van der Waals surface area (Å²) in [5.41, 5.74) is -0.114. The van der Waals surface area contributed by atoms with E-state index in [0.717, 1.165) is 19.4 Å². The molecule has 1 heterocycles. The fraction of sp³-hybridized carbons (Fsp3) is 0.929. The lowest BCUT2D eigenvalue weighted by Gasteiger charge is -2.59. The molecule has 2 aliphatic rings. The molecule has 19 heavy (non-hydrogen) atoms. The summed E-state index contributed by atoms with van der Waals surface area (Å²) in [6.45, 7) is 7.50. The second-order valence-electron chi connectivity index (χ2n) is 6.48. The summed E-state index contributed by atoms with van der Waals surface area (Å²) >= 11 is 0. The Labute approximate surface area is 122 Å². The largest absolute Gasteiger partial charge is 0.378 e. The summed E-state index contributed by atoms with van der Waals surface area (Å²) in [5.74, 6) is 0.172. The van der Waals surface area contributed by atoms with Crippen LogP contribution in [0, 0.1) is 5.41 Å². The zero-order chi connectivity index (χ0) is 13.4. The predicted octanol–water partition coefficient (Wildman–Crippen LogP) is 1.87. The van der Waals surface area contributed by atoms with E-state index in [1.54, 1.807) is 7.11 Å². The van der Waals surface area contributed by atoms with Gasteiger partial charge in [-0.25, -0.2) is 0 Å². The van der Waals surface area contributed by atoms with Crippen molar-refractivity contribution in [1.29, 1.82) is 0 Å². The molecule has 0 aromatic carbocycles. The topological polar surface area (TPSA) is 50.4 Å². The second kappa shape index (κ2) is 5.98. The Morgan fingerprint density at radius 1 is 1.42 bits per heavy atom. The molecule has 3 atom stereocenters. The first kappa shape index (κ1) is 16.7. The fourth-order valence-corrected chi connectivity index (χ4v) is 3.13. The van der Waals surface area contributed by atoms with Gasteiger partial charge >= 0.3 is 0 Å². The highest BCUT2D eigenvalue weighted by Gasteiger charge is 2.58. The van der Waals surface area contributed by atoms with Gasteiger partial charge in [0.1, 0.15) is 0 Å². The number of methoxy groups -OCH3 is 1. The number of hydrogen-bond donors (Lipinski definition) is 2. The molecular formula is C14H27ClN2O2. The molecule has 1 aliphatic heterocycles. The molecule has 1 aliphatic carbocycles. The number of hydrogen-bond acceptors (Lipinski definition) is 3. The van der Waals surface area contributed by atoms with E-state index < -0.39 is 0 Å². The Morgan fingerprint density at radius 3 is 2.58 bits per heavy atom. The van der Waals surface area contributed by atoms with Crippen LogP contribution in [0.25, 0.3) is 0 Å². The maximum Gasteiger partial charge on any atom is 0.221 e. The molecule has 2 fully saturated rings. The van der Waals surface area contributed by atoms with E-state index in [1.165, 1.54) is 6.42 Å². The Morgan fingerprint density at radius 2 is 2.11 bits per heavy atom. The van der Waals surface area contributed by atoms with Crippen molar-refractivity contribution in [2.45, 2.75) is 64.1 Å². The predicted molar refractivity (Wildman–Crippen MR) is 78.6 cm³/mol. The van der Waals surface area contributed by atoms with Crippen molar-refractivity contribution in [2.24, 2.45) is 5.41 Å². The Kier molecular flexibility index (Phi) is 5.27.